The number of benzene rings is 2. The topological polar surface area (TPSA) is 76.0 Å². The minimum atomic E-state index is -3.72. The summed E-state index contributed by atoms with van der Waals surface area (Å²) < 4.78 is 52.7. The molecule has 0 unspecified atom stereocenters. The molecule has 3 aromatic rings. The second kappa shape index (κ2) is 14.7. The Labute approximate surface area is 243 Å². The van der Waals surface area contributed by atoms with Crippen molar-refractivity contribution in [1.82, 2.24) is 4.57 Å². The van der Waals surface area contributed by atoms with Gasteiger partial charge >= 0.3 is 15.2 Å². The van der Waals surface area contributed by atoms with Crippen molar-refractivity contribution in [2.75, 3.05) is 32.2 Å². The first-order chi connectivity index (χ1) is 19.4. The van der Waals surface area contributed by atoms with E-state index in [0.29, 0.717) is 12.8 Å². The van der Waals surface area contributed by atoms with Gasteiger partial charge in [0.25, 0.3) is 0 Å². The second-order valence-corrected chi connectivity index (χ2v) is 15.7. The monoisotopic (exact) mass is 607 g/mol. The van der Waals surface area contributed by atoms with Crippen LogP contribution in [-0.2, 0) is 40.2 Å². The molecular weight excluding hydrogens is 564 g/mol. The van der Waals surface area contributed by atoms with Crippen molar-refractivity contribution < 1.29 is 27.2 Å². The van der Waals surface area contributed by atoms with Gasteiger partial charge in [0.1, 0.15) is 0 Å². The van der Waals surface area contributed by atoms with Crippen molar-refractivity contribution in [2.45, 2.75) is 76.6 Å². The fourth-order valence-corrected chi connectivity index (χ4v) is 12.1. The molecule has 0 N–H and O–H groups in total. The van der Waals surface area contributed by atoms with Gasteiger partial charge in [0.15, 0.2) is 5.40 Å². The molecule has 1 aliphatic heterocycles. The van der Waals surface area contributed by atoms with Crippen LogP contribution in [0.5, 0.6) is 0 Å². The second-order valence-electron chi connectivity index (χ2n) is 9.67. The minimum absolute atomic E-state index is 0.192. The summed E-state index contributed by atoms with van der Waals surface area (Å²) in [6.45, 7) is 8.67. The van der Waals surface area contributed by atoms with Crippen molar-refractivity contribution in [3.63, 3.8) is 0 Å². The third-order valence-corrected chi connectivity index (χ3v) is 14.4. The number of hydrogen-bond acceptors (Lipinski definition) is 7. The molecule has 0 atom stereocenters. The Morgan fingerprint density at radius 3 is 2.05 bits per heavy atom. The molecule has 4 rings (SSSR count). The Hall–Kier alpha value is -1.37. The summed E-state index contributed by atoms with van der Waals surface area (Å²) in [5, 5.41) is 0.381. The lowest BCUT2D eigenvalue weighted by atomic mass is 10.0. The van der Waals surface area contributed by atoms with E-state index in [9.17, 15) is 9.13 Å². The minimum Gasteiger partial charge on any atom is -0.340 e. The lowest BCUT2D eigenvalue weighted by Gasteiger charge is -2.31. The van der Waals surface area contributed by atoms with E-state index in [4.69, 9.17) is 18.1 Å². The number of aryl methyl sites for hydroxylation is 2. The Bertz CT molecular complexity index is 1310. The summed E-state index contributed by atoms with van der Waals surface area (Å²) in [6.07, 6.45) is 3.91. The van der Waals surface area contributed by atoms with Gasteiger partial charge in [-0.05, 0) is 64.7 Å². The van der Waals surface area contributed by atoms with Crippen LogP contribution in [0.15, 0.2) is 53.4 Å². The van der Waals surface area contributed by atoms with Crippen molar-refractivity contribution in [3.8, 4) is 11.3 Å². The number of nitrogens with zero attached hydrogens (tertiary/aromatic N) is 1. The molecule has 1 aliphatic rings. The molecule has 0 saturated carbocycles. The molecular formula is C30H43NO6P2S. The molecule has 0 amide bonds. The zero-order chi connectivity index (χ0) is 28.6. The van der Waals surface area contributed by atoms with Crippen LogP contribution in [-0.4, -0.2) is 42.1 Å². The molecule has 220 valence electrons. The molecule has 2 heterocycles. The van der Waals surface area contributed by atoms with E-state index in [1.807, 2.05) is 11.8 Å². The van der Waals surface area contributed by atoms with Gasteiger partial charge in [-0.15, -0.1) is 11.8 Å². The van der Waals surface area contributed by atoms with Gasteiger partial charge in [-0.25, -0.2) is 0 Å². The average molecular weight is 608 g/mol. The molecule has 0 spiro atoms. The average Bonchev–Trinajstić information content (AvgIpc) is 3.11. The summed E-state index contributed by atoms with van der Waals surface area (Å²) in [7, 11) is -7.44. The predicted octanol–water partition coefficient (Wildman–Crippen LogP) is 9.38. The molecule has 10 heteroatoms. The van der Waals surface area contributed by atoms with Crippen LogP contribution in [0.25, 0.3) is 22.2 Å². The van der Waals surface area contributed by atoms with Crippen LogP contribution in [0.3, 0.4) is 0 Å². The van der Waals surface area contributed by atoms with Crippen LogP contribution in [0.2, 0.25) is 0 Å². The van der Waals surface area contributed by atoms with Crippen LogP contribution < -0.4 is 0 Å². The zero-order valence-corrected chi connectivity index (χ0v) is 26.8. The van der Waals surface area contributed by atoms with E-state index in [2.05, 4.69) is 53.1 Å². The first kappa shape index (κ1) is 31.6. The van der Waals surface area contributed by atoms with E-state index >= 15 is 0 Å². The molecule has 0 aliphatic carbocycles. The quantitative estimate of drug-likeness (QED) is 0.119. The standard InChI is InChI=1S/C30H43NO6P2S/c1-5-34-38(32,35-6-2)29(39(33,36-7-3)37-8-4)20-10-9-15-22-31-27-18-13-11-16-24(27)25-21-23-40-28-19-14-12-17-26(28)30(25)31/h11-14,16-19,29H,5-10,15,20-23H2,1-4H3. The Morgan fingerprint density at radius 1 is 0.800 bits per heavy atom. The third-order valence-electron chi connectivity index (χ3n) is 7.14. The van der Waals surface area contributed by atoms with Gasteiger partial charge in [-0.2, -0.15) is 0 Å². The first-order valence-corrected chi connectivity index (χ1v) is 18.7. The highest BCUT2D eigenvalue weighted by atomic mass is 32.2. The zero-order valence-electron chi connectivity index (χ0n) is 24.2. The molecule has 0 saturated heterocycles. The highest BCUT2D eigenvalue weighted by Gasteiger charge is 2.50. The van der Waals surface area contributed by atoms with Crippen LogP contribution >= 0.6 is 27.0 Å². The maximum Gasteiger partial charge on any atom is 0.345 e. The summed E-state index contributed by atoms with van der Waals surface area (Å²) in [5.74, 6) is 1.07. The van der Waals surface area contributed by atoms with Crippen molar-refractivity contribution in [1.29, 1.82) is 0 Å². The maximum absolute atomic E-state index is 13.8. The highest BCUT2D eigenvalue weighted by molar-refractivity contribution is 7.99. The lowest BCUT2D eigenvalue weighted by Crippen LogP contribution is -2.18. The van der Waals surface area contributed by atoms with Gasteiger partial charge < -0.3 is 22.7 Å². The number of unbranched alkanes of at least 4 members (excludes halogenated alkanes) is 2. The smallest absolute Gasteiger partial charge is 0.340 e. The molecule has 0 bridgehead atoms. The lowest BCUT2D eigenvalue weighted by molar-refractivity contribution is 0.193. The first-order valence-electron chi connectivity index (χ1n) is 14.5. The van der Waals surface area contributed by atoms with Gasteiger partial charge in [-0.1, -0.05) is 49.2 Å². The number of para-hydroxylation sites is 1. The van der Waals surface area contributed by atoms with Gasteiger partial charge in [0.2, 0.25) is 0 Å². The highest BCUT2D eigenvalue weighted by Crippen LogP contribution is 2.71. The van der Waals surface area contributed by atoms with E-state index in [-0.39, 0.29) is 26.4 Å². The van der Waals surface area contributed by atoms with Gasteiger partial charge in [0.05, 0.1) is 32.1 Å². The molecule has 0 fully saturated rings. The number of hydrogen-bond donors (Lipinski definition) is 0. The van der Waals surface area contributed by atoms with Crippen molar-refractivity contribution >= 4 is 37.9 Å². The van der Waals surface area contributed by atoms with Crippen LogP contribution in [0.4, 0.5) is 0 Å². The van der Waals surface area contributed by atoms with E-state index < -0.39 is 20.6 Å². The fraction of sp³-hybridized carbons (Fsp3) is 0.533. The molecule has 7 nitrogen and oxygen atoms in total. The maximum atomic E-state index is 13.8. The normalized spacial score (nSPS) is 13.9. The number of fused-ring (bicyclic) bond motifs is 5. The van der Waals surface area contributed by atoms with E-state index in [1.165, 1.54) is 32.6 Å². The van der Waals surface area contributed by atoms with Crippen molar-refractivity contribution in [3.05, 3.63) is 54.1 Å². The van der Waals surface area contributed by atoms with Gasteiger partial charge in [-0.3, -0.25) is 9.13 Å². The molecule has 1 aromatic heterocycles. The predicted molar refractivity (Wildman–Crippen MR) is 166 cm³/mol. The molecule has 40 heavy (non-hydrogen) atoms. The summed E-state index contributed by atoms with van der Waals surface area (Å²) in [5.41, 5.74) is 5.33. The van der Waals surface area contributed by atoms with E-state index in [1.54, 1.807) is 27.7 Å². The SMILES string of the molecule is CCOP(=O)(OCC)C(CCCCCn1c2c(c3ccccc31)CCSc1ccccc1-2)P(=O)(OCC)OCC. The third kappa shape index (κ3) is 6.81. The van der Waals surface area contributed by atoms with E-state index in [0.717, 1.165) is 31.6 Å². The summed E-state index contributed by atoms with van der Waals surface area (Å²) >= 11 is 1.93. The fourth-order valence-electron chi connectivity index (χ4n) is 5.62. The Morgan fingerprint density at radius 2 is 1.40 bits per heavy atom. The number of rotatable bonds is 16. The molecule has 2 aromatic carbocycles. The van der Waals surface area contributed by atoms with Crippen LogP contribution in [0.1, 0.15) is 58.9 Å². The number of aromatic nitrogens is 1. The van der Waals surface area contributed by atoms with Crippen LogP contribution in [0, 0.1) is 0 Å². The van der Waals surface area contributed by atoms with Crippen molar-refractivity contribution in [2.24, 2.45) is 0 Å². The Kier molecular flexibility index (Phi) is 11.6. The number of thioether (sulfide) groups is 1. The Balaban J connectivity index is 1.55. The summed E-state index contributed by atoms with van der Waals surface area (Å²) in [4.78, 5) is 1.33. The molecule has 0 radical (unpaired) electrons. The largest absolute Gasteiger partial charge is 0.345 e. The van der Waals surface area contributed by atoms with Gasteiger partial charge in [0, 0.05) is 33.7 Å². The summed E-state index contributed by atoms with van der Waals surface area (Å²) in [6, 6.07) is 17.4.